The Morgan fingerprint density at radius 1 is 1.25 bits per heavy atom. The lowest BCUT2D eigenvalue weighted by molar-refractivity contribution is -0.131. The van der Waals surface area contributed by atoms with E-state index < -0.39 is 11.6 Å². The van der Waals surface area contributed by atoms with Gasteiger partial charge in [-0.2, -0.15) is 0 Å². The van der Waals surface area contributed by atoms with Gasteiger partial charge < -0.3 is 14.4 Å². The maximum atomic E-state index is 13.5. The van der Waals surface area contributed by atoms with Crippen LogP contribution in [0.2, 0.25) is 0 Å². The van der Waals surface area contributed by atoms with Crippen molar-refractivity contribution in [3.63, 3.8) is 0 Å². The van der Waals surface area contributed by atoms with E-state index in [4.69, 9.17) is 4.42 Å². The zero-order valence-corrected chi connectivity index (χ0v) is 15.3. The summed E-state index contributed by atoms with van der Waals surface area (Å²) in [4.78, 5) is 22.9. The number of aromatic hydroxyl groups is 1. The fourth-order valence-corrected chi connectivity index (χ4v) is 3.32. The molecule has 3 aromatic rings. The molecule has 4 rings (SSSR count). The van der Waals surface area contributed by atoms with Gasteiger partial charge in [0.1, 0.15) is 11.5 Å². The normalized spacial score (nSPS) is 13.4. The topological polar surface area (TPSA) is 79.5 Å². The molecule has 0 aliphatic carbocycles. The van der Waals surface area contributed by atoms with Crippen molar-refractivity contribution in [3.05, 3.63) is 77.0 Å². The van der Waals surface area contributed by atoms with E-state index in [9.17, 15) is 14.3 Å². The summed E-state index contributed by atoms with van der Waals surface area (Å²) in [6.45, 7) is 0.939. The van der Waals surface area contributed by atoms with Gasteiger partial charge in [-0.25, -0.2) is 9.37 Å². The van der Waals surface area contributed by atoms with E-state index in [1.54, 1.807) is 17.2 Å². The molecule has 1 aromatic carbocycles. The number of aryl methyl sites for hydroxylation is 2. The van der Waals surface area contributed by atoms with Crippen molar-refractivity contribution in [2.75, 3.05) is 6.54 Å². The molecule has 2 aromatic heterocycles. The summed E-state index contributed by atoms with van der Waals surface area (Å²) in [5, 5.41) is 9.26. The van der Waals surface area contributed by atoms with Crippen molar-refractivity contribution in [1.29, 1.82) is 0 Å². The molecule has 1 aliphatic rings. The van der Waals surface area contributed by atoms with Gasteiger partial charge in [-0.1, -0.05) is 12.1 Å². The van der Waals surface area contributed by atoms with Crippen LogP contribution in [0.3, 0.4) is 0 Å². The maximum Gasteiger partial charge on any atom is 0.227 e. The van der Waals surface area contributed by atoms with Crippen LogP contribution >= 0.6 is 0 Å². The van der Waals surface area contributed by atoms with Crippen molar-refractivity contribution in [3.8, 4) is 5.75 Å². The highest BCUT2D eigenvalue weighted by atomic mass is 19.1. The Morgan fingerprint density at radius 2 is 2.14 bits per heavy atom. The zero-order chi connectivity index (χ0) is 19.5. The third-order valence-electron chi connectivity index (χ3n) is 4.84. The number of carbonyl (C=O) groups is 1. The third kappa shape index (κ3) is 4.03. The highest BCUT2D eigenvalue weighted by molar-refractivity contribution is 5.79. The average molecular weight is 381 g/mol. The summed E-state index contributed by atoms with van der Waals surface area (Å²) >= 11 is 0. The Morgan fingerprint density at radius 3 is 2.93 bits per heavy atom. The lowest BCUT2D eigenvalue weighted by atomic mass is 10.1. The number of amides is 1. The molecule has 0 atom stereocenters. The number of phenols is 1. The Labute approximate surface area is 161 Å². The van der Waals surface area contributed by atoms with Gasteiger partial charge in [-0.15, -0.1) is 0 Å². The highest BCUT2D eigenvalue weighted by Gasteiger charge is 2.25. The SMILES string of the molecule is O=C(Cc1ccc(O)c(F)c1)N1CCc2oc(CCc3cccnc3)nc2C1. The Balaban J connectivity index is 1.38. The number of oxazole rings is 1. The predicted octanol–water partition coefficient (Wildman–Crippen LogP) is 2.83. The molecule has 0 radical (unpaired) electrons. The van der Waals surface area contributed by atoms with E-state index in [0.29, 0.717) is 37.4 Å². The van der Waals surface area contributed by atoms with E-state index >= 15 is 0 Å². The number of fused-ring (bicyclic) bond motifs is 1. The number of aromatic nitrogens is 2. The van der Waals surface area contributed by atoms with Crippen LogP contribution in [0.15, 0.2) is 47.1 Å². The van der Waals surface area contributed by atoms with Crippen LogP contribution in [-0.4, -0.2) is 32.4 Å². The van der Waals surface area contributed by atoms with Crippen molar-refractivity contribution >= 4 is 5.91 Å². The summed E-state index contributed by atoms with van der Waals surface area (Å²) in [6.07, 6.45) is 5.74. The highest BCUT2D eigenvalue weighted by Crippen LogP contribution is 2.22. The second kappa shape index (κ2) is 7.80. The van der Waals surface area contributed by atoms with E-state index in [1.807, 2.05) is 18.3 Å². The maximum absolute atomic E-state index is 13.5. The number of carbonyl (C=O) groups excluding carboxylic acids is 1. The van der Waals surface area contributed by atoms with E-state index in [-0.39, 0.29) is 12.3 Å². The molecule has 0 spiro atoms. The minimum absolute atomic E-state index is 0.0816. The van der Waals surface area contributed by atoms with Crippen molar-refractivity contribution in [2.24, 2.45) is 0 Å². The number of nitrogens with zero attached hydrogens (tertiary/aromatic N) is 3. The van der Waals surface area contributed by atoms with Crippen LogP contribution in [0.5, 0.6) is 5.75 Å². The van der Waals surface area contributed by atoms with E-state index in [2.05, 4.69) is 9.97 Å². The summed E-state index contributed by atoms with van der Waals surface area (Å²) < 4.78 is 19.3. The number of rotatable bonds is 5. The van der Waals surface area contributed by atoms with Gasteiger partial charge >= 0.3 is 0 Å². The molecule has 7 heteroatoms. The van der Waals surface area contributed by atoms with E-state index in [1.165, 1.54) is 12.1 Å². The van der Waals surface area contributed by atoms with Crippen LogP contribution in [0, 0.1) is 5.82 Å². The Hall–Kier alpha value is -3.22. The first kappa shape index (κ1) is 18.2. The number of phenolic OH excluding ortho intramolecular Hbond substituents is 1. The van der Waals surface area contributed by atoms with Crippen LogP contribution in [0.25, 0.3) is 0 Å². The van der Waals surface area contributed by atoms with Crippen molar-refractivity contribution in [2.45, 2.75) is 32.2 Å². The summed E-state index contributed by atoms with van der Waals surface area (Å²) in [7, 11) is 0. The monoisotopic (exact) mass is 381 g/mol. The zero-order valence-electron chi connectivity index (χ0n) is 15.3. The average Bonchev–Trinajstić information content (AvgIpc) is 3.12. The molecule has 0 fully saturated rings. The molecule has 6 nitrogen and oxygen atoms in total. The van der Waals surface area contributed by atoms with Gasteiger partial charge in [0.15, 0.2) is 17.5 Å². The lowest BCUT2D eigenvalue weighted by Gasteiger charge is -2.25. The van der Waals surface area contributed by atoms with Crippen LogP contribution < -0.4 is 0 Å². The molecule has 3 heterocycles. The van der Waals surface area contributed by atoms with Crippen LogP contribution in [0.1, 0.15) is 28.5 Å². The van der Waals surface area contributed by atoms with Gasteiger partial charge in [0.2, 0.25) is 5.91 Å². The first-order valence-corrected chi connectivity index (χ1v) is 9.20. The largest absolute Gasteiger partial charge is 0.505 e. The quantitative estimate of drug-likeness (QED) is 0.735. The molecule has 0 bridgehead atoms. The molecular formula is C21H20FN3O3. The standard InChI is InChI=1S/C21H20FN3O3/c22-16-10-15(3-5-18(16)26)11-21(27)25-9-7-19-17(13-25)24-20(28-19)6-4-14-2-1-8-23-12-14/h1-3,5,8,10,12,26H,4,6-7,9,11,13H2. The first-order valence-electron chi connectivity index (χ1n) is 9.20. The fourth-order valence-electron chi connectivity index (χ4n) is 3.32. The molecule has 0 unspecified atom stereocenters. The van der Waals surface area contributed by atoms with Crippen LogP contribution in [-0.2, 0) is 37.0 Å². The molecule has 0 saturated heterocycles. The number of benzene rings is 1. The minimum atomic E-state index is -0.721. The molecule has 28 heavy (non-hydrogen) atoms. The number of halogens is 1. The third-order valence-corrected chi connectivity index (χ3v) is 4.84. The number of hydrogen-bond donors (Lipinski definition) is 1. The Kier molecular flexibility index (Phi) is 5.06. The first-order chi connectivity index (χ1) is 13.6. The second-order valence-corrected chi connectivity index (χ2v) is 6.87. The molecule has 1 amide bonds. The molecule has 1 N–H and O–H groups in total. The number of pyridine rings is 1. The van der Waals surface area contributed by atoms with Crippen molar-refractivity contribution < 1.29 is 18.7 Å². The smallest absolute Gasteiger partial charge is 0.227 e. The van der Waals surface area contributed by atoms with Gasteiger partial charge in [0.05, 0.1) is 13.0 Å². The van der Waals surface area contributed by atoms with Gasteiger partial charge in [-0.05, 0) is 35.7 Å². The van der Waals surface area contributed by atoms with Gasteiger partial charge in [0.25, 0.3) is 0 Å². The predicted molar refractivity (Wildman–Crippen MR) is 99.0 cm³/mol. The fraction of sp³-hybridized carbons (Fsp3) is 0.286. The second-order valence-electron chi connectivity index (χ2n) is 6.87. The van der Waals surface area contributed by atoms with Gasteiger partial charge in [-0.3, -0.25) is 9.78 Å². The molecular weight excluding hydrogens is 361 g/mol. The van der Waals surface area contributed by atoms with E-state index in [0.717, 1.165) is 23.4 Å². The van der Waals surface area contributed by atoms with Crippen molar-refractivity contribution in [1.82, 2.24) is 14.9 Å². The number of hydrogen-bond acceptors (Lipinski definition) is 5. The Bertz CT molecular complexity index is 988. The molecule has 0 saturated carbocycles. The lowest BCUT2D eigenvalue weighted by Crippen LogP contribution is -2.36. The summed E-state index contributed by atoms with van der Waals surface area (Å²) in [6, 6.07) is 7.92. The molecule has 1 aliphatic heterocycles. The summed E-state index contributed by atoms with van der Waals surface area (Å²) in [5.74, 6) is 0.265. The summed E-state index contributed by atoms with van der Waals surface area (Å²) in [5.41, 5.74) is 2.44. The molecule has 144 valence electrons. The van der Waals surface area contributed by atoms with Crippen LogP contribution in [0.4, 0.5) is 4.39 Å². The minimum Gasteiger partial charge on any atom is -0.505 e. The van der Waals surface area contributed by atoms with Gasteiger partial charge in [0, 0.05) is 31.8 Å².